The van der Waals surface area contributed by atoms with E-state index in [0.717, 1.165) is 0 Å². The Labute approximate surface area is 156 Å². The van der Waals surface area contributed by atoms with E-state index in [9.17, 15) is 20.0 Å². The van der Waals surface area contributed by atoms with E-state index in [1.54, 1.807) is 44.2 Å². The van der Waals surface area contributed by atoms with Crippen molar-refractivity contribution in [3.63, 3.8) is 0 Å². The SMILES string of the molecule is CCOC(=O)c1ccc(N/C=C(/C#N)C(=O)Nc2ccc(O)cc2C)cc1. The standard InChI is InChI=1S/C20H19N3O4/c1-3-27-20(26)14-4-6-16(7-5-14)22-12-15(11-21)19(25)23-18-9-8-17(24)10-13(18)2/h4-10,12,22,24H,3H2,1-2H3,(H,23,25)/b15-12-. The molecule has 7 heteroatoms. The van der Waals surface area contributed by atoms with Crippen molar-refractivity contribution < 1.29 is 19.4 Å². The molecule has 1 amide bonds. The van der Waals surface area contributed by atoms with E-state index < -0.39 is 11.9 Å². The molecule has 0 spiro atoms. The Balaban J connectivity index is 2.06. The van der Waals surface area contributed by atoms with Crippen LogP contribution in [0.25, 0.3) is 0 Å². The molecule has 2 rings (SSSR count). The number of rotatable bonds is 6. The number of hydrogen-bond donors (Lipinski definition) is 3. The number of anilines is 2. The Bertz CT molecular complexity index is 912. The van der Waals surface area contributed by atoms with Gasteiger partial charge in [-0.2, -0.15) is 5.26 Å². The van der Waals surface area contributed by atoms with Crippen LogP contribution in [0, 0.1) is 18.3 Å². The summed E-state index contributed by atoms with van der Waals surface area (Å²) in [6.45, 7) is 3.75. The molecule has 0 aliphatic heterocycles. The van der Waals surface area contributed by atoms with Gasteiger partial charge in [-0.15, -0.1) is 0 Å². The molecule has 0 unspecified atom stereocenters. The van der Waals surface area contributed by atoms with E-state index in [1.807, 2.05) is 6.07 Å². The van der Waals surface area contributed by atoms with Crippen LogP contribution in [0.15, 0.2) is 54.2 Å². The number of nitrogens with one attached hydrogen (secondary N) is 2. The van der Waals surface area contributed by atoms with E-state index in [1.165, 1.54) is 18.3 Å². The van der Waals surface area contributed by atoms with Crippen LogP contribution < -0.4 is 10.6 Å². The molecular formula is C20H19N3O4. The summed E-state index contributed by atoms with van der Waals surface area (Å²) in [4.78, 5) is 23.9. The van der Waals surface area contributed by atoms with Crippen LogP contribution in [0.1, 0.15) is 22.8 Å². The minimum Gasteiger partial charge on any atom is -0.508 e. The van der Waals surface area contributed by atoms with Crippen molar-refractivity contribution in [1.29, 1.82) is 5.26 Å². The number of nitrogens with zero attached hydrogens (tertiary/aromatic N) is 1. The molecule has 0 saturated heterocycles. The zero-order valence-corrected chi connectivity index (χ0v) is 14.9. The van der Waals surface area contributed by atoms with Crippen molar-refractivity contribution in [1.82, 2.24) is 0 Å². The lowest BCUT2D eigenvalue weighted by molar-refractivity contribution is -0.112. The molecule has 0 bridgehead atoms. The van der Waals surface area contributed by atoms with Crippen LogP contribution >= 0.6 is 0 Å². The quantitative estimate of drug-likeness (QED) is 0.313. The fraction of sp³-hybridized carbons (Fsp3) is 0.150. The highest BCUT2D eigenvalue weighted by Gasteiger charge is 2.11. The third-order valence-corrected chi connectivity index (χ3v) is 3.60. The largest absolute Gasteiger partial charge is 0.508 e. The zero-order valence-electron chi connectivity index (χ0n) is 14.9. The van der Waals surface area contributed by atoms with Crippen LogP contribution in [0.3, 0.4) is 0 Å². The van der Waals surface area contributed by atoms with Gasteiger partial charge in [0.15, 0.2) is 0 Å². The molecular weight excluding hydrogens is 346 g/mol. The number of ether oxygens (including phenoxy) is 1. The molecule has 0 aliphatic carbocycles. The molecule has 0 saturated carbocycles. The average Bonchev–Trinajstić information content (AvgIpc) is 2.65. The Morgan fingerprint density at radius 1 is 1.22 bits per heavy atom. The van der Waals surface area contributed by atoms with Gasteiger partial charge < -0.3 is 20.5 Å². The monoisotopic (exact) mass is 365 g/mol. The zero-order chi connectivity index (χ0) is 19.8. The molecule has 0 atom stereocenters. The number of hydrogen-bond acceptors (Lipinski definition) is 6. The Morgan fingerprint density at radius 2 is 1.93 bits per heavy atom. The predicted molar refractivity (Wildman–Crippen MR) is 101 cm³/mol. The molecule has 138 valence electrons. The molecule has 27 heavy (non-hydrogen) atoms. The summed E-state index contributed by atoms with van der Waals surface area (Å²) in [6.07, 6.45) is 1.28. The van der Waals surface area contributed by atoms with Gasteiger partial charge in [0.25, 0.3) is 5.91 Å². The van der Waals surface area contributed by atoms with Crippen molar-refractivity contribution in [3.8, 4) is 11.8 Å². The molecule has 0 fully saturated rings. The van der Waals surface area contributed by atoms with Gasteiger partial charge in [-0.25, -0.2) is 4.79 Å². The van der Waals surface area contributed by atoms with Crippen molar-refractivity contribution in [2.24, 2.45) is 0 Å². The number of aryl methyl sites for hydroxylation is 1. The highest BCUT2D eigenvalue weighted by Crippen LogP contribution is 2.20. The van der Waals surface area contributed by atoms with E-state index in [4.69, 9.17) is 4.74 Å². The number of carbonyl (C=O) groups is 2. The first kappa shape index (κ1) is 19.5. The summed E-state index contributed by atoms with van der Waals surface area (Å²) >= 11 is 0. The van der Waals surface area contributed by atoms with Gasteiger partial charge in [-0.3, -0.25) is 4.79 Å². The van der Waals surface area contributed by atoms with Crippen molar-refractivity contribution >= 4 is 23.3 Å². The first-order valence-corrected chi connectivity index (χ1v) is 8.19. The number of amides is 1. The molecule has 3 N–H and O–H groups in total. The number of aromatic hydroxyl groups is 1. The second-order valence-electron chi connectivity index (χ2n) is 5.57. The number of carbonyl (C=O) groups excluding carboxylic acids is 2. The summed E-state index contributed by atoms with van der Waals surface area (Å²) in [5.41, 5.74) is 2.05. The first-order valence-electron chi connectivity index (χ1n) is 8.19. The number of benzene rings is 2. The Kier molecular flexibility index (Phi) is 6.55. The summed E-state index contributed by atoms with van der Waals surface area (Å²) < 4.78 is 4.91. The minimum atomic E-state index is -0.582. The van der Waals surface area contributed by atoms with Gasteiger partial charge in [-0.05, 0) is 61.9 Å². The average molecular weight is 365 g/mol. The lowest BCUT2D eigenvalue weighted by atomic mass is 10.1. The normalized spacial score (nSPS) is 10.6. The third-order valence-electron chi connectivity index (χ3n) is 3.60. The van der Waals surface area contributed by atoms with E-state index >= 15 is 0 Å². The third kappa shape index (κ3) is 5.34. The van der Waals surface area contributed by atoms with Gasteiger partial charge in [0.1, 0.15) is 17.4 Å². The van der Waals surface area contributed by atoms with Gasteiger partial charge >= 0.3 is 5.97 Å². The van der Waals surface area contributed by atoms with E-state index in [0.29, 0.717) is 29.1 Å². The van der Waals surface area contributed by atoms with Crippen LogP contribution in [0.4, 0.5) is 11.4 Å². The first-order chi connectivity index (χ1) is 12.9. The molecule has 0 heterocycles. The summed E-state index contributed by atoms with van der Waals surface area (Å²) in [5.74, 6) is -0.905. The van der Waals surface area contributed by atoms with Crippen LogP contribution in [0.5, 0.6) is 5.75 Å². The molecule has 0 aliphatic rings. The Morgan fingerprint density at radius 3 is 2.52 bits per heavy atom. The molecule has 0 radical (unpaired) electrons. The topological polar surface area (TPSA) is 111 Å². The summed E-state index contributed by atoms with van der Waals surface area (Å²) in [5, 5.41) is 24.1. The number of phenols is 1. The van der Waals surface area contributed by atoms with Crippen LogP contribution in [-0.4, -0.2) is 23.6 Å². The second kappa shape index (κ2) is 9.06. The lowest BCUT2D eigenvalue weighted by Crippen LogP contribution is -2.15. The maximum atomic E-state index is 12.3. The van der Waals surface area contributed by atoms with Gasteiger partial charge in [0, 0.05) is 17.6 Å². The van der Waals surface area contributed by atoms with Crippen LogP contribution in [0.2, 0.25) is 0 Å². The molecule has 0 aromatic heterocycles. The van der Waals surface area contributed by atoms with Crippen LogP contribution in [-0.2, 0) is 9.53 Å². The minimum absolute atomic E-state index is 0.0921. The summed E-state index contributed by atoms with van der Waals surface area (Å²) in [6, 6.07) is 12.8. The van der Waals surface area contributed by atoms with Crippen molar-refractivity contribution in [2.75, 3.05) is 17.2 Å². The second-order valence-corrected chi connectivity index (χ2v) is 5.57. The highest BCUT2D eigenvalue weighted by atomic mass is 16.5. The van der Waals surface area contributed by atoms with Crippen molar-refractivity contribution in [3.05, 3.63) is 65.4 Å². The maximum Gasteiger partial charge on any atom is 0.338 e. The maximum absolute atomic E-state index is 12.3. The lowest BCUT2D eigenvalue weighted by Gasteiger charge is -2.08. The van der Waals surface area contributed by atoms with Gasteiger partial charge in [0.2, 0.25) is 0 Å². The number of esters is 1. The number of nitriles is 1. The fourth-order valence-electron chi connectivity index (χ4n) is 2.20. The fourth-order valence-corrected chi connectivity index (χ4v) is 2.20. The molecule has 2 aromatic carbocycles. The molecule has 2 aromatic rings. The van der Waals surface area contributed by atoms with Crippen molar-refractivity contribution in [2.45, 2.75) is 13.8 Å². The van der Waals surface area contributed by atoms with E-state index in [2.05, 4.69) is 10.6 Å². The van der Waals surface area contributed by atoms with Gasteiger partial charge in [0.05, 0.1) is 12.2 Å². The highest BCUT2D eigenvalue weighted by molar-refractivity contribution is 6.07. The molecule has 7 nitrogen and oxygen atoms in total. The van der Waals surface area contributed by atoms with E-state index in [-0.39, 0.29) is 11.3 Å². The Hall–Kier alpha value is -3.79. The predicted octanol–water partition coefficient (Wildman–Crippen LogP) is 3.34. The van der Waals surface area contributed by atoms with Gasteiger partial charge in [-0.1, -0.05) is 0 Å². The number of phenolic OH excluding ortho intramolecular Hbond substituents is 1. The summed E-state index contributed by atoms with van der Waals surface area (Å²) in [7, 11) is 0. The smallest absolute Gasteiger partial charge is 0.338 e.